The summed E-state index contributed by atoms with van der Waals surface area (Å²) in [5.74, 6) is 0.748. The Hall–Kier alpha value is -3.28. The van der Waals surface area contributed by atoms with Crippen LogP contribution in [0.1, 0.15) is 29.8 Å². The van der Waals surface area contributed by atoms with Gasteiger partial charge >= 0.3 is 5.97 Å². The molecule has 0 amide bonds. The van der Waals surface area contributed by atoms with Crippen molar-refractivity contribution in [3.05, 3.63) is 70.0 Å². The first-order valence-corrected chi connectivity index (χ1v) is 9.30. The Morgan fingerprint density at radius 2 is 1.79 bits per heavy atom. The number of ether oxygens (including phenoxy) is 3. The number of benzene rings is 2. The van der Waals surface area contributed by atoms with Crippen LogP contribution in [0, 0.1) is 0 Å². The quantitative estimate of drug-likeness (QED) is 0.475. The normalized spacial score (nSPS) is 10.6. The monoisotopic (exact) mass is 381 g/mol. The standard InChI is InChI=1S/C22H23NO5/c1-3-15-12-19-17(21(24)18(14-23-19)22(25)26-4-2)13-20(15)28-11-10-27-16-8-6-5-7-9-16/h5-9,12-14H,3-4,10-11H2,1-2H3,(H,23,24). The highest BCUT2D eigenvalue weighted by molar-refractivity contribution is 5.94. The molecule has 0 atom stereocenters. The molecule has 3 rings (SSSR count). The van der Waals surface area contributed by atoms with E-state index in [0.29, 0.717) is 29.9 Å². The van der Waals surface area contributed by atoms with Gasteiger partial charge in [0.05, 0.1) is 12.0 Å². The van der Waals surface area contributed by atoms with Crippen molar-refractivity contribution in [2.75, 3.05) is 19.8 Å². The maximum Gasteiger partial charge on any atom is 0.343 e. The predicted molar refractivity (Wildman–Crippen MR) is 107 cm³/mol. The van der Waals surface area contributed by atoms with Gasteiger partial charge in [0.1, 0.15) is 30.3 Å². The lowest BCUT2D eigenvalue weighted by Gasteiger charge is -2.13. The molecule has 0 aliphatic carbocycles. The van der Waals surface area contributed by atoms with Gasteiger partial charge in [-0.3, -0.25) is 4.79 Å². The number of aromatic nitrogens is 1. The molecule has 0 saturated heterocycles. The van der Waals surface area contributed by atoms with Gasteiger partial charge in [-0.05, 0) is 43.2 Å². The van der Waals surface area contributed by atoms with Gasteiger partial charge in [0, 0.05) is 11.7 Å². The smallest absolute Gasteiger partial charge is 0.343 e. The lowest BCUT2D eigenvalue weighted by Crippen LogP contribution is -2.18. The van der Waals surface area contributed by atoms with Crippen molar-refractivity contribution >= 4 is 16.9 Å². The number of carbonyl (C=O) groups is 1. The molecular formula is C22H23NO5. The third-order valence-corrected chi connectivity index (χ3v) is 4.29. The topological polar surface area (TPSA) is 77.6 Å². The summed E-state index contributed by atoms with van der Waals surface area (Å²) in [7, 11) is 0. The van der Waals surface area contributed by atoms with Crippen LogP contribution in [0.25, 0.3) is 10.9 Å². The van der Waals surface area contributed by atoms with E-state index in [0.717, 1.165) is 17.7 Å². The van der Waals surface area contributed by atoms with Gasteiger partial charge in [-0.1, -0.05) is 25.1 Å². The van der Waals surface area contributed by atoms with Gasteiger partial charge in [0.2, 0.25) is 5.43 Å². The van der Waals surface area contributed by atoms with Gasteiger partial charge < -0.3 is 19.2 Å². The lowest BCUT2D eigenvalue weighted by molar-refractivity contribution is 0.0524. The molecule has 6 nitrogen and oxygen atoms in total. The van der Waals surface area contributed by atoms with Crippen molar-refractivity contribution in [2.24, 2.45) is 0 Å². The molecule has 3 aromatic rings. The zero-order valence-electron chi connectivity index (χ0n) is 16.0. The van der Waals surface area contributed by atoms with Crippen LogP contribution in [0.3, 0.4) is 0 Å². The maximum atomic E-state index is 12.7. The highest BCUT2D eigenvalue weighted by Gasteiger charge is 2.16. The number of aryl methyl sites for hydroxylation is 1. The second-order valence-corrected chi connectivity index (χ2v) is 6.12. The Balaban J connectivity index is 1.81. The van der Waals surface area contributed by atoms with Gasteiger partial charge in [0.15, 0.2) is 0 Å². The molecule has 0 saturated carbocycles. The molecular weight excluding hydrogens is 358 g/mol. The van der Waals surface area contributed by atoms with Crippen LogP contribution in [0.15, 0.2) is 53.5 Å². The minimum atomic E-state index is -0.635. The van der Waals surface area contributed by atoms with Crippen LogP contribution in [0.4, 0.5) is 0 Å². The number of pyridine rings is 1. The van der Waals surface area contributed by atoms with Crippen LogP contribution < -0.4 is 14.9 Å². The number of fused-ring (bicyclic) bond motifs is 1. The van der Waals surface area contributed by atoms with Gasteiger partial charge in [-0.25, -0.2) is 4.79 Å². The Labute approximate surface area is 163 Å². The van der Waals surface area contributed by atoms with Gasteiger partial charge in [-0.15, -0.1) is 0 Å². The van der Waals surface area contributed by atoms with Crippen molar-refractivity contribution in [1.82, 2.24) is 4.98 Å². The number of carbonyl (C=O) groups excluding carboxylic acids is 1. The van der Waals surface area contributed by atoms with Crippen LogP contribution in [-0.2, 0) is 11.2 Å². The number of aromatic amines is 1. The van der Waals surface area contributed by atoms with Crippen LogP contribution >= 0.6 is 0 Å². The van der Waals surface area contributed by atoms with Crippen LogP contribution in [0.5, 0.6) is 11.5 Å². The molecule has 0 unspecified atom stereocenters. The van der Waals surface area contributed by atoms with E-state index in [9.17, 15) is 9.59 Å². The average Bonchev–Trinajstić information content (AvgIpc) is 2.72. The third-order valence-electron chi connectivity index (χ3n) is 4.29. The fourth-order valence-electron chi connectivity index (χ4n) is 2.89. The van der Waals surface area contributed by atoms with Crippen molar-refractivity contribution in [3.8, 4) is 11.5 Å². The molecule has 1 aromatic heterocycles. The highest BCUT2D eigenvalue weighted by atomic mass is 16.5. The summed E-state index contributed by atoms with van der Waals surface area (Å²) in [6, 6.07) is 13.0. The fraction of sp³-hybridized carbons (Fsp3) is 0.273. The minimum absolute atomic E-state index is 0.0167. The number of H-pyrrole nitrogens is 1. The maximum absolute atomic E-state index is 12.7. The minimum Gasteiger partial charge on any atom is -0.490 e. The van der Waals surface area contributed by atoms with Gasteiger partial charge in [-0.2, -0.15) is 0 Å². The molecule has 146 valence electrons. The summed E-state index contributed by atoms with van der Waals surface area (Å²) >= 11 is 0. The summed E-state index contributed by atoms with van der Waals surface area (Å²) in [6.45, 7) is 4.64. The summed E-state index contributed by atoms with van der Waals surface area (Å²) < 4.78 is 16.5. The highest BCUT2D eigenvalue weighted by Crippen LogP contribution is 2.24. The van der Waals surface area contributed by atoms with Crippen molar-refractivity contribution in [1.29, 1.82) is 0 Å². The molecule has 0 aliphatic rings. The Kier molecular flexibility index (Phi) is 6.32. The summed E-state index contributed by atoms with van der Waals surface area (Å²) in [4.78, 5) is 27.7. The Morgan fingerprint density at radius 3 is 2.50 bits per heavy atom. The number of nitrogens with one attached hydrogen (secondary N) is 1. The van der Waals surface area contributed by atoms with Crippen molar-refractivity contribution < 1.29 is 19.0 Å². The number of rotatable bonds is 8. The first-order valence-electron chi connectivity index (χ1n) is 9.30. The first kappa shape index (κ1) is 19.5. The molecule has 0 bridgehead atoms. The lowest BCUT2D eigenvalue weighted by atomic mass is 10.1. The molecule has 0 spiro atoms. The average molecular weight is 381 g/mol. The zero-order valence-corrected chi connectivity index (χ0v) is 16.0. The van der Waals surface area contributed by atoms with Crippen LogP contribution in [0.2, 0.25) is 0 Å². The summed E-state index contributed by atoms with van der Waals surface area (Å²) in [5, 5.41) is 0.390. The van der Waals surface area contributed by atoms with E-state index in [-0.39, 0.29) is 17.6 Å². The number of para-hydroxylation sites is 1. The summed E-state index contributed by atoms with van der Waals surface area (Å²) in [5.41, 5.74) is 1.23. The molecule has 2 aromatic carbocycles. The van der Waals surface area contributed by atoms with E-state index in [2.05, 4.69) is 4.98 Å². The van der Waals surface area contributed by atoms with E-state index in [1.165, 1.54) is 6.20 Å². The molecule has 0 radical (unpaired) electrons. The molecule has 0 aliphatic heterocycles. The number of hydrogen-bond donors (Lipinski definition) is 1. The van der Waals surface area contributed by atoms with E-state index in [1.807, 2.05) is 43.3 Å². The van der Waals surface area contributed by atoms with Crippen molar-refractivity contribution in [3.63, 3.8) is 0 Å². The first-order chi connectivity index (χ1) is 13.6. The van der Waals surface area contributed by atoms with Crippen LogP contribution in [-0.4, -0.2) is 30.8 Å². The molecule has 0 fully saturated rings. The summed E-state index contributed by atoms with van der Waals surface area (Å²) in [6.07, 6.45) is 2.14. The van der Waals surface area contributed by atoms with E-state index >= 15 is 0 Å². The Bertz CT molecular complexity index is 1010. The molecule has 1 heterocycles. The van der Waals surface area contributed by atoms with E-state index in [4.69, 9.17) is 14.2 Å². The Morgan fingerprint density at radius 1 is 1.04 bits per heavy atom. The fourth-order valence-corrected chi connectivity index (χ4v) is 2.89. The second kappa shape index (κ2) is 9.08. The zero-order chi connectivity index (χ0) is 19.9. The number of hydrogen-bond acceptors (Lipinski definition) is 5. The van der Waals surface area contributed by atoms with Gasteiger partial charge in [0.25, 0.3) is 0 Å². The van der Waals surface area contributed by atoms with E-state index < -0.39 is 5.97 Å². The second-order valence-electron chi connectivity index (χ2n) is 6.12. The SMILES string of the molecule is CCOC(=O)c1c[nH]c2cc(CC)c(OCCOc3ccccc3)cc2c1=O. The largest absolute Gasteiger partial charge is 0.490 e. The van der Waals surface area contributed by atoms with Crippen molar-refractivity contribution in [2.45, 2.75) is 20.3 Å². The number of esters is 1. The third kappa shape index (κ3) is 4.34. The molecule has 28 heavy (non-hydrogen) atoms. The molecule has 6 heteroatoms. The van der Waals surface area contributed by atoms with E-state index in [1.54, 1.807) is 13.0 Å². The predicted octanol–water partition coefficient (Wildman–Crippen LogP) is 3.73. The molecule has 1 N–H and O–H groups in total.